The van der Waals surface area contributed by atoms with Gasteiger partial charge in [0.05, 0.1) is 0 Å². The van der Waals surface area contributed by atoms with Crippen molar-refractivity contribution >= 4 is 34.3 Å². The Bertz CT molecular complexity index is 159. The Morgan fingerprint density at radius 2 is 2.27 bits per heavy atom. The molecule has 0 aromatic carbocycles. The van der Waals surface area contributed by atoms with Crippen LogP contribution in [0.2, 0.25) is 0 Å². The lowest BCUT2D eigenvalue weighted by atomic mass is 10.4. The van der Waals surface area contributed by atoms with E-state index in [9.17, 15) is 4.79 Å². The predicted octanol–water partition coefficient (Wildman–Crippen LogP) is 2.12. The standard InChI is InChI=1S/C6H9Cl2NO2/c1-2-3-5(8)9-11-6(10)4-7/h2-4H2,1H3/b9-5-. The highest BCUT2D eigenvalue weighted by Gasteiger charge is 1.99. The fourth-order valence-electron chi connectivity index (χ4n) is 0.377. The largest absolute Gasteiger partial charge is 0.349 e. The number of carbonyl (C=O) groups excluding carboxylic acids is 1. The van der Waals surface area contributed by atoms with E-state index in [4.69, 9.17) is 23.2 Å². The maximum Gasteiger partial charge on any atom is 0.349 e. The number of halogens is 2. The van der Waals surface area contributed by atoms with Gasteiger partial charge in [-0.05, 0) is 6.42 Å². The van der Waals surface area contributed by atoms with E-state index in [-0.39, 0.29) is 11.1 Å². The van der Waals surface area contributed by atoms with Gasteiger partial charge in [-0.2, -0.15) is 0 Å². The SMILES string of the molecule is CCC/C(Cl)=N/OC(=O)CCl. The van der Waals surface area contributed by atoms with Crippen molar-refractivity contribution in [2.24, 2.45) is 5.16 Å². The van der Waals surface area contributed by atoms with Crippen molar-refractivity contribution in [3.63, 3.8) is 0 Å². The number of alkyl halides is 1. The second-order valence-electron chi connectivity index (χ2n) is 1.81. The molecule has 0 saturated carbocycles. The van der Waals surface area contributed by atoms with E-state index in [1.54, 1.807) is 0 Å². The second-order valence-corrected chi connectivity index (χ2v) is 2.52. The van der Waals surface area contributed by atoms with Crippen LogP contribution in [-0.2, 0) is 9.63 Å². The summed E-state index contributed by atoms with van der Waals surface area (Å²) < 4.78 is 0. The number of carbonyl (C=O) groups is 1. The molecule has 0 aromatic rings. The minimum absolute atomic E-state index is 0.209. The van der Waals surface area contributed by atoms with Crippen LogP contribution in [0.15, 0.2) is 5.16 Å². The third kappa shape index (κ3) is 6.13. The summed E-state index contributed by atoms with van der Waals surface area (Å²) in [5.74, 6) is -0.805. The van der Waals surface area contributed by atoms with Gasteiger partial charge in [-0.25, -0.2) is 4.79 Å². The zero-order valence-electron chi connectivity index (χ0n) is 6.14. The minimum atomic E-state index is -0.596. The van der Waals surface area contributed by atoms with Gasteiger partial charge in [-0.3, -0.25) is 0 Å². The summed E-state index contributed by atoms with van der Waals surface area (Å²) in [5.41, 5.74) is 0. The quantitative estimate of drug-likeness (QED) is 0.300. The molecule has 0 spiro atoms. The molecule has 0 fully saturated rings. The van der Waals surface area contributed by atoms with Crippen molar-refractivity contribution < 1.29 is 9.63 Å². The Balaban J connectivity index is 3.63. The summed E-state index contributed by atoms with van der Waals surface area (Å²) in [6, 6.07) is 0. The predicted molar refractivity (Wildman–Crippen MR) is 45.0 cm³/mol. The number of oxime groups is 1. The summed E-state index contributed by atoms with van der Waals surface area (Å²) >= 11 is 10.6. The lowest BCUT2D eigenvalue weighted by Gasteiger charge is -1.93. The van der Waals surface area contributed by atoms with Crippen LogP contribution in [0.1, 0.15) is 19.8 Å². The third-order valence-corrected chi connectivity index (χ3v) is 1.29. The highest BCUT2D eigenvalue weighted by atomic mass is 35.5. The van der Waals surface area contributed by atoms with E-state index in [0.29, 0.717) is 6.42 Å². The minimum Gasteiger partial charge on any atom is -0.316 e. The summed E-state index contributed by atoms with van der Waals surface area (Å²) in [7, 11) is 0. The molecule has 0 aliphatic rings. The Morgan fingerprint density at radius 1 is 1.64 bits per heavy atom. The van der Waals surface area contributed by atoms with Gasteiger partial charge in [0.25, 0.3) is 0 Å². The molecule has 0 radical (unpaired) electrons. The number of nitrogens with zero attached hydrogens (tertiary/aromatic N) is 1. The van der Waals surface area contributed by atoms with Crippen molar-refractivity contribution in [2.45, 2.75) is 19.8 Å². The lowest BCUT2D eigenvalue weighted by molar-refractivity contribution is -0.140. The Hall–Kier alpha value is -0.280. The first-order chi connectivity index (χ1) is 5.20. The summed E-state index contributed by atoms with van der Waals surface area (Å²) in [6.45, 7) is 1.95. The van der Waals surface area contributed by atoms with Crippen molar-refractivity contribution in [1.29, 1.82) is 0 Å². The average Bonchev–Trinajstić information content (AvgIpc) is 2.01. The molecule has 0 rings (SSSR count). The molecule has 0 aliphatic carbocycles. The fraction of sp³-hybridized carbons (Fsp3) is 0.667. The first-order valence-electron chi connectivity index (χ1n) is 3.18. The third-order valence-electron chi connectivity index (χ3n) is 0.812. The van der Waals surface area contributed by atoms with Crippen molar-refractivity contribution in [3.8, 4) is 0 Å². The molecule has 3 nitrogen and oxygen atoms in total. The number of rotatable bonds is 4. The second kappa shape index (κ2) is 6.43. The summed E-state index contributed by atoms with van der Waals surface area (Å²) in [4.78, 5) is 14.7. The van der Waals surface area contributed by atoms with Gasteiger partial charge in [0.15, 0.2) is 0 Å². The van der Waals surface area contributed by atoms with Crippen LogP contribution in [-0.4, -0.2) is 17.0 Å². The molecule has 0 bridgehead atoms. The van der Waals surface area contributed by atoms with Gasteiger partial charge in [0.2, 0.25) is 0 Å². The van der Waals surface area contributed by atoms with Crippen molar-refractivity contribution in [2.75, 3.05) is 5.88 Å². The van der Waals surface area contributed by atoms with Crippen LogP contribution in [0, 0.1) is 0 Å². The zero-order chi connectivity index (χ0) is 8.69. The highest BCUT2D eigenvalue weighted by molar-refractivity contribution is 6.65. The molecule has 0 aromatic heterocycles. The van der Waals surface area contributed by atoms with Gasteiger partial charge < -0.3 is 4.84 Å². The number of hydrogen-bond acceptors (Lipinski definition) is 3. The molecule has 0 unspecified atom stereocenters. The van der Waals surface area contributed by atoms with E-state index < -0.39 is 5.97 Å². The van der Waals surface area contributed by atoms with E-state index in [1.807, 2.05) is 6.92 Å². The maximum atomic E-state index is 10.4. The molecule has 0 heterocycles. The molecule has 5 heteroatoms. The summed E-state index contributed by atoms with van der Waals surface area (Å²) in [5, 5.41) is 3.62. The topological polar surface area (TPSA) is 38.7 Å². The monoisotopic (exact) mass is 197 g/mol. The fourth-order valence-corrected chi connectivity index (χ4v) is 0.649. The van der Waals surface area contributed by atoms with Gasteiger partial charge in [-0.15, -0.1) is 11.6 Å². The molecule has 11 heavy (non-hydrogen) atoms. The van der Waals surface area contributed by atoms with Crippen LogP contribution < -0.4 is 0 Å². The molecule has 64 valence electrons. The van der Waals surface area contributed by atoms with Gasteiger partial charge in [-0.1, -0.05) is 23.7 Å². The van der Waals surface area contributed by atoms with Crippen LogP contribution in [0.3, 0.4) is 0 Å². The Labute approximate surface area is 75.3 Å². The molecule has 0 atom stereocenters. The Kier molecular flexibility index (Phi) is 6.27. The number of hydrogen-bond donors (Lipinski definition) is 0. The first kappa shape index (κ1) is 10.7. The van der Waals surface area contributed by atoms with Crippen LogP contribution >= 0.6 is 23.2 Å². The smallest absolute Gasteiger partial charge is 0.316 e. The Morgan fingerprint density at radius 3 is 2.73 bits per heavy atom. The van der Waals surface area contributed by atoms with Crippen LogP contribution in [0.4, 0.5) is 0 Å². The van der Waals surface area contributed by atoms with E-state index in [2.05, 4.69) is 9.99 Å². The zero-order valence-corrected chi connectivity index (χ0v) is 7.65. The van der Waals surface area contributed by atoms with E-state index in [1.165, 1.54) is 0 Å². The summed E-state index contributed by atoms with van der Waals surface area (Å²) in [6.07, 6.45) is 1.47. The molecule has 0 saturated heterocycles. The van der Waals surface area contributed by atoms with Crippen molar-refractivity contribution in [3.05, 3.63) is 0 Å². The molecular formula is C6H9Cl2NO2. The normalized spacial score (nSPS) is 11.4. The average molecular weight is 198 g/mol. The lowest BCUT2D eigenvalue weighted by Crippen LogP contribution is -2.02. The molecule has 0 aliphatic heterocycles. The van der Waals surface area contributed by atoms with E-state index >= 15 is 0 Å². The van der Waals surface area contributed by atoms with Gasteiger partial charge >= 0.3 is 5.97 Å². The highest BCUT2D eigenvalue weighted by Crippen LogP contribution is 1.97. The van der Waals surface area contributed by atoms with E-state index in [0.717, 1.165) is 6.42 Å². The first-order valence-corrected chi connectivity index (χ1v) is 4.10. The van der Waals surface area contributed by atoms with Gasteiger partial charge in [0, 0.05) is 6.42 Å². The van der Waals surface area contributed by atoms with Crippen LogP contribution in [0.5, 0.6) is 0 Å². The maximum absolute atomic E-state index is 10.4. The van der Waals surface area contributed by atoms with Crippen LogP contribution in [0.25, 0.3) is 0 Å². The molecule has 0 amide bonds. The van der Waals surface area contributed by atoms with Gasteiger partial charge in [0.1, 0.15) is 11.1 Å². The molecular weight excluding hydrogens is 189 g/mol. The molecule has 0 N–H and O–H groups in total. The van der Waals surface area contributed by atoms with Crippen molar-refractivity contribution in [1.82, 2.24) is 0 Å².